The fraction of sp³-hybridized carbons (Fsp3) is 0.400. The van der Waals surface area contributed by atoms with Crippen LogP contribution in [0, 0.1) is 13.8 Å². The van der Waals surface area contributed by atoms with Gasteiger partial charge in [-0.15, -0.1) is 0 Å². The Morgan fingerprint density at radius 3 is 2.45 bits per heavy atom. The van der Waals surface area contributed by atoms with Gasteiger partial charge in [0.15, 0.2) is 0 Å². The predicted octanol–water partition coefficient (Wildman–Crippen LogP) is 3.72. The minimum atomic E-state index is -0.0209. The van der Waals surface area contributed by atoms with E-state index in [0.29, 0.717) is 6.61 Å². The largest absolute Gasteiger partial charge is 0.369 e. The van der Waals surface area contributed by atoms with E-state index >= 15 is 0 Å². The first kappa shape index (κ1) is 21.4. The second kappa shape index (κ2) is 9.54. The first-order valence-corrected chi connectivity index (χ1v) is 10.8. The molecule has 1 fully saturated rings. The number of hydrogen-bond acceptors (Lipinski definition) is 6. The quantitative estimate of drug-likeness (QED) is 0.609. The van der Waals surface area contributed by atoms with Crippen molar-refractivity contribution in [1.82, 2.24) is 19.9 Å². The predicted molar refractivity (Wildman–Crippen MR) is 123 cm³/mol. The highest BCUT2D eigenvalue weighted by Gasteiger charge is 2.24. The number of hydrogen-bond donors (Lipinski definition) is 0. The van der Waals surface area contributed by atoms with Gasteiger partial charge < -0.3 is 9.64 Å². The van der Waals surface area contributed by atoms with Crippen molar-refractivity contribution in [3.05, 3.63) is 82.4 Å². The van der Waals surface area contributed by atoms with Gasteiger partial charge in [0.2, 0.25) is 5.95 Å². The highest BCUT2D eigenvalue weighted by molar-refractivity contribution is 5.31. The Balaban J connectivity index is 1.44. The smallest absolute Gasteiger partial charge is 0.224 e. The van der Waals surface area contributed by atoms with E-state index in [4.69, 9.17) is 9.72 Å². The molecule has 1 aliphatic rings. The van der Waals surface area contributed by atoms with Gasteiger partial charge in [-0.2, -0.15) is 0 Å². The highest BCUT2D eigenvalue weighted by Crippen LogP contribution is 2.24. The Morgan fingerprint density at radius 1 is 1.00 bits per heavy atom. The van der Waals surface area contributed by atoms with Crippen LogP contribution in [0.2, 0.25) is 0 Å². The van der Waals surface area contributed by atoms with Crippen molar-refractivity contribution < 1.29 is 4.74 Å². The third kappa shape index (κ3) is 5.66. The molecule has 2 aromatic heterocycles. The van der Waals surface area contributed by atoms with E-state index < -0.39 is 0 Å². The van der Waals surface area contributed by atoms with E-state index in [1.165, 1.54) is 16.7 Å². The van der Waals surface area contributed by atoms with Crippen molar-refractivity contribution in [2.24, 2.45) is 0 Å². The van der Waals surface area contributed by atoms with Crippen molar-refractivity contribution in [1.29, 1.82) is 0 Å². The molecule has 0 aliphatic carbocycles. The van der Waals surface area contributed by atoms with Crippen molar-refractivity contribution in [2.45, 2.75) is 32.9 Å². The number of morpholine rings is 1. The Hall–Kier alpha value is -2.83. The van der Waals surface area contributed by atoms with Gasteiger partial charge in [0, 0.05) is 57.4 Å². The molecule has 0 saturated carbocycles. The van der Waals surface area contributed by atoms with Crippen LogP contribution in [0.15, 0.2) is 48.8 Å². The fourth-order valence-electron chi connectivity index (χ4n) is 3.92. The van der Waals surface area contributed by atoms with Crippen molar-refractivity contribution in [2.75, 3.05) is 38.7 Å². The fourth-order valence-corrected chi connectivity index (χ4v) is 3.92. The summed E-state index contributed by atoms with van der Waals surface area (Å²) < 4.78 is 6.12. The summed E-state index contributed by atoms with van der Waals surface area (Å²) in [6.45, 7) is 7.41. The molecule has 0 radical (unpaired) electrons. The Kier molecular flexibility index (Phi) is 6.59. The molecule has 1 aromatic carbocycles. The SMILES string of the molecule is Cc1ccc(Cc2cc(C)nc([C@H]3CN(Cc4cnc(N(C)C)nc4)CCO3)c2)cc1. The average molecular weight is 418 g/mol. The van der Waals surface area contributed by atoms with Gasteiger partial charge in [0.25, 0.3) is 0 Å². The van der Waals surface area contributed by atoms with Crippen molar-refractivity contribution in [3.63, 3.8) is 0 Å². The van der Waals surface area contributed by atoms with Crippen LogP contribution in [0.3, 0.4) is 0 Å². The van der Waals surface area contributed by atoms with Gasteiger partial charge in [0.05, 0.1) is 12.3 Å². The van der Waals surface area contributed by atoms with Gasteiger partial charge in [0.1, 0.15) is 6.10 Å². The van der Waals surface area contributed by atoms with Crippen LogP contribution in [-0.4, -0.2) is 53.6 Å². The monoisotopic (exact) mass is 417 g/mol. The van der Waals surface area contributed by atoms with Crippen LogP contribution in [0.4, 0.5) is 5.95 Å². The lowest BCUT2D eigenvalue weighted by Gasteiger charge is -2.32. The molecule has 6 heteroatoms. The third-order valence-corrected chi connectivity index (χ3v) is 5.54. The summed E-state index contributed by atoms with van der Waals surface area (Å²) in [7, 11) is 3.90. The van der Waals surface area contributed by atoms with Crippen LogP contribution < -0.4 is 4.90 Å². The summed E-state index contributed by atoms with van der Waals surface area (Å²) >= 11 is 0. The summed E-state index contributed by atoms with van der Waals surface area (Å²) in [5.41, 5.74) is 7.05. The first-order chi connectivity index (χ1) is 15.0. The van der Waals surface area contributed by atoms with Gasteiger partial charge in [-0.05, 0) is 43.5 Å². The maximum Gasteiger partial charge on any atom is 0.224 e. The minimum absolute atomic E-state index is 0.0209. The maximum absolute atomic E-state index is 6.12. The lowest BCUT2D eigenvalue weighted by atomic mass is 10.0. The molecular formula is C25H31N5O. The van der Waals surface area contributed by atoms with E-state index in [1.807, 2.05) is 31.4 Å². The number of ether oxygens (including phenoxy) is 1. The van der Waals surface area contributed by atoms with Gasteiger partial charge >= 0.3 is 0 Å². The number of anilines is 1. The third-order valence-electron chi connectivity index (χ3n) is 5.54. The van der Waals surface area contributed by atoms with Gasteiger partial charge in [-0.25, -0.2) is 9.97 Å². The standard InChI is InChI=1S/C25H31N5O/c1-18-5-7-20(8-6-18)12-21-11-19(2)28-23(13-21)24-17-30(9-10-31-24)16-22-14-26-25(27-15-22)29(3)4/h5-8,11,13-15,24H,9-10,12,16-17H2,1-4H3/t24-/m1/s1. The molecule has 3 aromatic rings. The molecule has 6 nitrogen and oxygen atoms in total. The lowest BCUT2D eigenvalue weighted by molar-refractivity contribution is -0.0351. The van der Waals surface area contributed by atoms with E-state index in [1.54, 1.807) is 0 Å². The number of pyridine rings is 1. The summed E-state index contributed by atoms with van der Waals surface area (Å²) in [6, 6.07) is 13.1. The van der Waals surface area contributed by atoms with Crippen molar-refractivity contribution >= 4 is 5.95 Å². The van der Waals surface area contributed by atoms with Crippen LogP contribution in [0.25, 0.3) is 0 Å². The maximum atomic E-state index is 6.12. The summed E-state index contributed by atoms with van der Waals surface area (Å²) in [5, 5.41) is 0. The topological polar surface area (TPSA) is 54.4 Å². The molecule has 0 unspecified atom stereocenters. The Morgan fingerprint density at radius 2 is 1.74 bits per heavy atom. The minimum Gasteiger partial charge on any atom is -0.369 e. The Bertz CT molecular complexity index is 1000. The molecule has 3 heterocycles. The first-order valence-electron chi connectivity index (χ1n) is 10.8. The van der Waals surface area contributed by atoms with Crippen LogP contribution in [-0.2, 0) is 17.7 Å². The molecule has 162 valence electrons. The zero-order valence-electron chi connectivity index (χ0n) is 18.9. The second-order valence-electron chi connectivity index (χ2n) is 8.58. The number of nitrogens with zero attached hydrogens (tertiary/aromatic N) is 5. The number of benzene rings is 1. The summed E-state index contributed by atoms with van der Waals surface area (Å²) in [6.07, 6.45) is 4.71. The molecule has 31 heavy (non-hydrogen) atoms. The molecule has 0 bridgehead atoms. The van der Waals surface area contributed by atoms with Gasteiger partial charge in [-0.1, -0.05) is 29.8 Å². The number of aromatic nitrogens is 3. The summed E-state index contributed by atoms with van der Waals surface area (Å²) in [5.74, 6) is 0.730. The molecule has 0 spiro atoms. The van der Waals surface area contributed by atoms with E-state index in [9.17, 15) is 0 Å². The normalized spacial score (nSPS) is 17.0. The van der Waals surface area contributed by atoms with Crippen molar-refractivity contribution in [3.8, 4) is 0 Å². The van der Waals surface area contributed by atoms with Crippen LogP contribution in [0.5, 0.6) is 0 Å². The highest BCUT2D eigenvalue weighted by atomic mass is 16.5. The zero-order chi connectivity index (χ0) is 21.8. The number of rotatable bonds is 6. The zero-order valence-corrected chi connectivity index (χ0v) is 18.9. The molecule has 0 amide bonds. The lowest BCUT2D eigenvalue weighted by Crippen LogP contribution is -2.38. The van der Waals surface area contributed by atoms with Crippen LogP contribution >= 0.6 is 0 Å². The molecule has 1 atom stereocenters. The molecular weight excluding hydrogens is 386 g/mol. The van der Waals surface area contributed by atoms with E-state index in [2.05, 4.69) is 65.1 Å². The number of aryl methyl sites for hydroxylation is 2. The second-order valence-corrected chi connectivity index (χ2v) is 8.58. The Labute approximate surface area is 184 Å². The van der Waals surface area contributed by atoms with E-state index in [-0.39, 0.29) is 6.10 Å². The van der Waals surface area contributed by atoms with Gasteiger partial charge in [-0.3, -0.25) is 9.88 Å². The average Bonchev–Trinajstić information content (AvgIpc) is 2.75. The van der Waals surface area contributed by atoms with Crippen LogP contribution in [0.1, 0.15) is 39.7 Å². The summed E-state index contributed by atoms with van der Waals surface area (Å²) in [4.78, 5) is 18.0. The molecule has 1 aliphatic heterocycles. The van der Waals surface area contributed by atoms with E-state index in [0.717, 1.165) is 49.0 Å². The molecule has 1 saturated heterocycles. The molecule has 4 rings (SSSR count). The molecule has 0 N–H and O–H groups in total.